The van der Waals surface area contributed by atoms with E-state index in [1.54, 1.807) is 3.21 Å². The molecule has 0 spiro atoms. The maximum Gasteiger partial charge on any atom is -0.147 e. The van der Waals surface area contributed by atoms with Crippen LogP contribution in [0.4, 0.5) is 0 Å². The van der Waals surface area contributed by atoms with Crippen molar-refractivity contribution in [3.05, 3.63) is 59.8 Å². The predicted octanol–water partition coefficient (Wildman–Crippen LogP) is 5.84. The van der Waals surface area contributed by atoms with Gasteiger partial charge in [0.2, 0.25) is 0 Å². The van der Waals surface area contributed by atoms with Gasteiger partial charge < -0.3 is 0 Å². The van der Waals surface area contributed by atoms with Gasteiger partial charge in [-0.05, 0) is 0 Å². The Balaban J connectivity index is 0.00000144. The Labute approximate surface area is 162 Å². The Morgan fingerprint density at radius 1 is 1.00 bits per heavy atom. The number of aromatic amines is 1. The zero-order valence-electron chi connectivity index (χ0n) is 15.1. The molecular formula is C20H28Cl2NZr. The van der Waals surface area contributed by atoms with E-state index in [2.05, 4.69) is 94.3 Å². The van der Waals surface area contributed by atoms with Crippen LogP contribution in [0.25, 0.3) is 6.08 Å². The number of hydrogen-bond donors (Lipinski definition) is 1. The van der Waals surface area contributed by atoms with E-state index < -0.39 is 19.8 Å². The number of rotatable bonds is 2. The molecule has 0 saturated carbocycles. The van der Waals surface area contributed by atoms with Crippen LogP contribution < -0.4 is 3.40 Å². The molecule has 3 rings (SSSR count). The normalized spacial score (nSPS) is 18.1. The summed E-state index contributed by atoms with van der Waals surface area (Å²) in [5.74, 6) is 0. The van der Waals surface area contributed by atoms with Crippen molar-refractivity contribution >= 4 is 37.5 Å². The molecule has 0 fully saturated rings. The van der Waals surface area contributed by atoms with Gasteiger partial charge in [-0.3, -0.25) is 0 Å². The van der Waals surface area contributed by atoms with Gasteiger partial charge >= 0.3 is 139 Å². The first-order chi connectivity index (χ1) is 10.4. The molecule has 2 unspecified atom stereocenters. The van der Waals surface area contributed by atoms with E-state index in [9.17, 15) is 0 Å². The molecule has 0 aliphatic heterocycles. The Morgan fingerprint density at radius 2 is 1.67 bits per heavy atom. The molecule has 1 aromatic heterocycles. The smallest absolute Gasteiger partial charge is 0.147 e. The number of hydrogen-bond acceptors (Lipinski definition) is 0. The fraction of sp³-hybridized carbons (Fsp3) is 0.350. The number of benzene rings is 1. The fourth-order valence-electron chi connectivity index (χ4n) is 4.57. The Kier molecular flexibility index (Phi) is 7.07. The number of H-pyrrole nitrogens is 1. The Morgan fingerprint density at radius 3 is 2.21 bits per heavy atom. The maximum atomic E-state index is 3.61. The largest absolute Gasteiger partial charge is 0.147 e. The van der Waals surface area contributed by atoms with E-state index in [4.69, 9.17) is 0 Å². The average Bonchev–Trinajstić information content (AvgIpc) is 3.08. The molecular weight excluding hydrogens is 416 g/mol. The Bertz CT molecular complexity index is 763. The summed E-state index contributed by atoms with van der Waals surface area (Å²) in [6.45, 7) is 12.1. The molecule has 2 atom stereocenters. The number of nitrogens with one attached hydrogen (secondary N) is 1. The van der Waals surface area contributed by atoms with Gasteiger partial charge in [-0.1, -0.05) is 0 Å². The second-order valence-corrected chi connectivity index (χ2v) is 20.6. The fourth-order valence-corrected chi connectivity index (χ4v) is 20.6. The topological polar surface area (TPSA) is 15.8 Å². The van der Waals surface area contributed by atoms with Gasteiger partial charge in [-0.2, -0.15) is 0 Å². The molecule has 1 aromatic carbocycles. The number of aromatic nitrogens is 1. The summed E-state index contributed by atoms with van der Waals surface area (Å²) in [5.41, 5.74) is 2.94. The van der Waals surface area contributed by atoms with Gasteiger partial charge in [-0.15, -0.1) is 24.8 Å². The monoisotopic (exact) mass is 442 g/mol. The Hall–Kier alpha value is -0.427. The standard InChI is InChI=1S/C9H7.C4H4N.C4H9.C3H6.2ClH.Zr/c1-2-5-9-7-3-6-8(9)4-1;1-2-4-5-3-1;1-4(2)3;1-3-2;;;/h1-7H;1-3,5H;1-3H3;1-2H3;2*1H;. The van der Waals surface area contributed by atoms with E-state index in [0.717, 1.165) is 0 Å². The zero-order valence-corrected chi connectivity index (χ0v) is 19.2. The van der Waals surface area contributed by atoms with Crippen LogP contribution in [0.2, 0.25) is 3.12 Å². The minimum atomic E-state index is -2.92. The molecule has 2 aromatic rings. The van der Waals surface area contributed by atoms with Crippen molar-refractivity contribution in [1.29, 1.82) is 0 Å². The summed E-state index contributed by atoms with van der Waals surface area (Å²) < 4.78 is 4.07. The molecule has 1 aliphatic carbocycles. The van der Waals surface area contributed by atoms with Crippen LogP contribution in [0, 0.1) is 0 Å². The quantitative estimate of drug-likeness (QED) is 0.599. The van der Waals surface area contributed by atoms with Gasteiger partial charge in [0.25, 0.3) is 0 Å². The summed E-state index contributed by atoms with van der Waals surface area (Å²) in [7, 11) is 0. The van der Waals surface area contributed by atoms with Crippen LogP contribution in [0.1, 0.15) is 49.4 Å². The van der Waals surface area contributed by atoms with E-state index >= 15 is 0 Å². The minimum absolute atomic E-state index is 0. The van der Waals surface area contributed by atoms with Crippen LogP contribution in [0.5, 0.6) is 0 Å². The van der Waals surface area contributed by atoms with Crippen LogP contribution in [-0.2, 0) is 19.8 Å². The molecule has 1 N–H and O–H groups in total. The van der Waals surface area contributed by atoms with Gasteiger partial charge in [0, 0.05) is 0 Å². The summed E-state index contributed by atoms with van der Waals surface area (Å²) in [6.07, 6.45) is 6.92. The van der Waals surface area contributed by atoms with Crippen molar-refractivity contribution in [3.8, 4) is 0 Å². The van der Waals surface area contributed by atoms with Crippen molar-refractivity contribution in [1.82, 2.24) is 4.98 Å². The van der Waals surface area contributed by atoms with Crippen LogP contribution in [0.3, 0.4) is 0 Å². The minimum Gasteiger partial charge on any atom is -0.147 e. The van der Waals surface area contributed by atoms with Crippen LogP contribution >= 0.6 is 24.8 Å². The SMILES string of the molecule is C[C](C)=[Zr]([c]1ccc[nH]1)([CH]1C=Cc2ccccc21)[C](C)(C)C.Cl.Cl. The molecule has 0 amide bonds. The van der Waals surface area contributed by atoms with Gasteiger partial charge in [0.1, 0.15) is 0 Å². The average molecular weight is 445 g/mol. The summed E-state index contributed by atoms with van der Waals surface area (Å²) in [6, 6.07) is 13.4. The van der Waals surface area contributed by atoms with Crippen molar-refractivity contribution < 1.29 is 19.8 Å². The molecule has 1 heterocycles. The van der Waals surface area contributed by atoms with Crippen molar-refractivity contribution in [2.24, 2.45) is 0 Å². The van der Waals surface area contributed by atoms with Gasteiger partial charge in [0.15, 0.2) is 0 Å². The third-order valence-electron chi connectivity index (χ3n) is 5.26. The van der Waals surface area contributed by atoms with Crippen molar-refractivity contribution in [2.45, 2.75) is 41.4 Å². The van der Waals surface area contributed by atoms with E-state index in [0.29, 0.717) is 6.75 Å². The molecule has 131 valence electrons. The summed E-state index contributed by atoms with van der Waals surface area (Å²) in [5, 5.41) is 0. The molecule has 1 nitrogen and oxygen atoms in total. The van der Waals surface area contributed by atoms with Crippen LogP contribution in [0.15, 0.2) is 48.7 Å². The van der Waals surface area contributed by atoms with Crippen molar-refractivity contribution in [3.63, 3.8) is 0 Å². The van der Waals surface area contributed by atoms with Crippen molar-refractivity contribution in [2.75, 3.05) is 0 Å². The van der Waals surface area contributed by atoms with Gasteiger partial charge in [0.05, 0.1) is 0 Å². The molecule has 0 bridgehead atoms. The van der Waals surface area contributed by atoms with Crippen LogP contribution in [-0.4, -0.2) is 8.19 Å². The summed E-state index contributed by atoms with van der Waals surface area (Å²) >= 11 is -2.92. The number of fused-ring (bicyclic) bond motifs is 1. The molecule has 0 saturated heterocycles. The third-order valence-corrected chi connectivity index (χ3v) is 21.3. The first-order valence-corrected chi connectivity index (χ1v) is 13.2. The van der Waals surface area contributed by atoms with E-state index in [-0.39, 0.29) is 24.8 Å². The van der Waals surface area contributed by atoms with E-state index in [1.165, 1.54) is 14.5 Å². The third kappa shape index (κ3) is 3.18. The predicted molar refractivity (Wildman–Crippen MR) is 109 cm³/mol. The number of halogens is 2. The van der Waals surface area contributed by atoms with Gasteiger partial charge in [-0.25, -0.2) is 0 Å². The molecule has 24 heavy (non-hydrogen) atoms. The first-order valence-electron chi connectivity index (χ1n) is 8.10. The van der Waals surface area contributed by atoms with E-state index in [1.807, 2.05) is 0 Å². The molecule has 1 aliphatic rings. The summed E-state index contributed by atoms with van der Waals surface area (Å²) in [4.78, 5) is 3.61. The second kappa shape index (κ2) is 7.85. The molecule has 0 radical (unpaired) electrons. The second-order valence-electron chi connectivity index (χ2n) is 7.61. The first kappa shape index (κ1) is 21.6. The maximum absolute atomic E-state index is 3.61. The zero-order chi connectivity index (χ0) is 16.0. The number of allylic oxidation sites excluding steroid dienone is 1. The molecule has 4 heteroatoms.